The van der Waals surface area contributed by atoms with Crippen molar-refractivity contribution < 1.29 is 9.67 Å². The van der Waals surface area contributed by atoms with Crippen LogP contribution in [0.2, 0.25) is 0 Å². The van der Waals surface area contributed by atoms with Crippen LogP contribution in [0, 0.1) is 0 Å². The van der Waals surface area contributed by atoms with Gasteiger partial charge in [0, 0.05) is 0 Å². The van der Waals surface area contributed by atoms with Crippen molar-refractivity contribution in [2.75, 3.05) is 0 Å². The highest BCUT2D eigenvalue weighted by Gasteiger charge is 1.94. The summed E-state index contributed by atoms with van der Waals surface area (Å²) in [5.41, 5.74) is 0. The number of thiocarbonyl (C=S) groups is 1. The number of hydrogen-bond acceptors (Lipinski definition) is 2. The lowest BCUT2D eigenvalue weighted by molar-refractivity contribution is -0.671. The number of aromatic nitrogens is 2. The molecule has 0 radical (unpaired) electrons. The number of aliphatic hydroxyl groups excluding tert-OH is 1. The number of aryl methyl sites for hydroxylation is 1. The zero-order valence-electron chi connectivity index (χ0n) is 7.29. The number of rotatable bonds is 2. The molecule has 0 aromatic carbocycles. The third kappa shape index (κ3) is 5.78. The molecule has 1 heterocycles. The molecule has 0 aliphatic heterocycles. The molecule has 13 heavy (non-hydrogen) atoms. The van der Waals surface area contributed by atoms with E-state index in [1.54, 1.807) is 6.08 Å². The highest BCUT2D eigenvalue weighted by Crippen LogP contribution is 1.83. The quantitative estimate of drug-likeness (QED) is 0.333. The highest BCUT2D eigenvalue weighted by molar-refractivity contribution is 7.78. The molecule has 0 atom stereocenters. The molecule has 0 amide bonds. The smallest absolute Gasteiger partial charge is 0.243 e. The maximum absolute atomic E-state index is 8.33. The van der Waals surface area contributed by atoms with Gasteiger partial charge in [0.1, 0.15) is 18.9 Å². The van der Waals surface area contributed by atoms with Gasteiger partial charge in [0.05, 0.1) is 13.3 Å². The van der Waals surface area contributed by atoms with Crippen molar-refractivity contribution in [1.82, 2.24) is 4.57 Å². The molecule has 4 nitrogen and oxygen atoms in total. The zero-order valence-corrected chi connectivity index (χ0v) is 8.11. The molecule has 0 saturated heterocycles. The average molecular weight is 197 g/mol. The topological polar surface area (TPSA) is 51.3 Å². The van der Waals surface area contributed by atoms with Gasteiger partial charge in [-0.1, -0.05) is 12.2 Å². The van der Waals surface area contributed by atoms with Gasteiger partial charge in [0.25, 0.3) is 0 Å². The van der Waals surface area contributed by atoms with E-state index in [4.69, 9.17) is 10.5 Å². The molecule has 0 fully saturated rings. The largest absolute Gasteiger partial charge is 0.753 e. The standard InChI is InChI=1S/C7H10N2O.CNS/c1-8-4-5-9(7-8)3-2-6-10;2-1-3/h2,4-7H,3H2,1H3;/q;-1/p+1. The third-order valence-corrected chi connectivity index (χ3v) is 1.25. The Labute approximate surface area is 82.3 Å². The van der Waals surface area contributed by atoms with Crippen LogP contribution in [-0.4, -0.2) is 14.8 Å². The van der Waals surface area contributed by atoms with Crippen LogP contribution in [0.1, 0.15) is 0 Å². The van der Waals surface area contributed by atoms with Crippen molar-refractivity contribution >= 4 is 17.4 Å². The van der Waals surface area contributed by atoms with Gasteiger partial charge in [-0.2, -0.15) is 5.16 Å². The summed E-state index contributed by atoms with van der Waals surface area (Å²) >= 11 is 3.70. The number of imidazole rings is 1. The Kier molecular flexibility index (Phi) is 6.41. The summed E-state index contributed by atoms with van der Waals surface area (Å²) in [6.45, 7) is 0.720. The Morgan fingerprint density at radius 2 is 2.38 bits per heavy atom. The Hall–Kier alpha value is -1.45. The van der Waals surface area contributed by atoms with Gasteiger partial charge < -0.3 is 10.5 Å². The second-order valence-corrected chi connectivity index (χ2v) is 2.43. The van der Waals surface area contributed by atoms with Crippen molar-refractivity contribution in [2.45, 2.75) is 6.54 Å². The van der Waals surface area contributed by atoms with Gasteiger partial charge in [-0.3, -0.25) is 0 Å². The second kappa shape index (κ2) is 7.21. The fourth-order valence-electron chi connectivity index (χ4n) is 0.779. The van der Waals surface area contributed by atoms with Crippen molar-refractivity contribution in [3.8, 4) is 0 Å². The summed E-state index contributed by atoms with van der Waals surface area (Å²) in [5.74, 6) is 0. The summed E-state index contributed by atoms with van der Waals surface area (Å²) in [6, 6.07) is 0. The molecule has 1 aromatic rings. The zero-order chi connectivity index (χ0) is 10.1. The Morgan fingerprint density at radius 3 is 2.77 bits per heavy atom. The van der Waals surface area contributed by atoms with E-state index in [0.29, 0.717) is 0 Å². The summed E-state index contributed by atoms with van der Waals surface area (Å²) in [6.07, 6.45) is 8.57. The first kappa shape index (κ1) is 11.6. The molecule has 0 aliphatic carbocycles. The van der Waals surface area contributed by atoms with E-state index in [9.17, 15) is 0 Å². The molecule has 0 spiro atoms. The number of hydrogen-bond donors (Lipinski definition) is 1. The Morgan fingerprint density at radius 1 is 1.77 bits per heavy atom. The van der Waals surface area contributed by atoms with Crippen LogP contribution in [0.25, 0.3) is 5.41 Å². The van der Waals surface area contributed by atoms with Crippen molar-refractivity contribution in [1.29, 1.82) is 0 Å². The first-order valence-electron chi connectivity index (χ1n) is 3.56. The van der Waals surface area contributed by atoms with Crippen LogP contribution in [0.5, 0.6) is 0 Å². The summed E-state index contributed by atoms with van der Waals surface area (Å²) < 4.78 is 3.91. The molecule has 1 N–H and O–H groups in total. The summed E-state index contributed by atoms with van der Waals surface area (Å²) in [4.78, 5) is 0. The molecule has 0 unspecified atom stereocenters. The normalized spacial score (nSPS) is 9.00. The van der Waals surface area contributed by atoms with Crippen LogP contribution < -0.4 is 4.57 Å². The van der Waals surface area contributed by atoms with Crippen LogP contribution in [0.15, 0.2) is 31.1 Å². The molecule has 5 heteroatoms. The first-order chi connectivity index (χ1) is 6.24. The SMILES string of the molecule is C[n+]1ccn(CC=CO)c1.[N-]=C=S. The van der Waals surface area contributed by atoms with Gasteiger partial charge >= 0.3 is 0 Å². The predicted octanol–water partition coefficient (Wildman–Crippen LogP) is 1.04. The molecule has 1 aromatic heterocycles. The maximum Gasteiger partial charge on any atom is 0.243 e. The highest BCUT2D eigenvalue weighted by atomic mass is 32.1. The van der Waals surface area contributed by atoms with E-state index in [1.165, 1.54) is 5.16 Å². The minimum absolute atomic E-state index is 0.720. The first-order valence-corrected chi connectivity index (χ1v) is 3.97. The van der Waals surface area contributed by atoms with Crippen LogP contribution in [-0.2, 0) is 13.6 Å². The minimum atomic E-state index is 0.720. The lowest BCUT2D eigenvalue weighted by atomic mass is 10.6. The van der Waals surface area contributed by atoms with Crippen molar-refractivity contribution in [3.63, 3.8) is 0 Å². The van der Waals surface area contributed by atoms with Crippen molar-refractivity contribution in [2.24, 2.45) is 7.05 Å². The maximum atomic E-state index is 8.33. The van der Waals surface area contributed by atoms with E-state index in [1.807, 2.05) is 34.9 Å². The fraction of sp³-hybridized carbons (Fsp3) is 0.250. The molecule has 0 saturated carbocycles. The Balaban J connectivity index is 0.000000424. The monoisotopic (exact) mass is 197 g/mol. The van der Waals surface area contributed by atoms with Crippen LogP contribution in [0.4, 0.5) is 0 Å². The minimum Gasteiger partial charge on any atom is -0.753 e. The second-order valence-electron chi connectivity index (χ2n) is 2.25. The van der Waals surface area contributed by atoms with E-state index in [0.717, 1.165) is 12.8 Å². The van der Waals surface area contributed by atoms with Gasteiger partial charge in [0.15, 0.2) is 0 Å². The van der Waals surface area contributed by atoms with E-state index in [2.05, 4.69) is 12.2 Å². The molecule has 0 bridgehead atoms. The average Bonchev–Trinajstić information content (AvgIpc) is 2.49. The summed E-state index contributed by atoms with van der Waals surface area (Å²) in [5, 5.41) is 16.8. The van der Waals surface area contributed by atoms with Crippen LogP contribution >= 0.6 is 12.2 Å². The molecule has 70 valence electrons. The summed E-state index contributed by atoms with van der Waals surface area (Å²) in [7, 11) is 1.96. The number of allylic oxidation sites excluding steroid dienone is 1. The van der Waals surface area contributed by atoms with Gasteiger partial charge in [0.2, 0.25) is 6.33 Å². The predicted molar refractivity (Wildman–Crippen MR) is 53.3 cm³/mol. The van der Waals surface area contributed by atoms with E-state index >= 15 is 0 Å². The molecule has 1 rings (SSSR count). The number of aliphatic hydroxyl groups is 1. The fourth-order valence-corrected chi connectivity index (χ4v) is 0.779. The number of isothiocyanates is 1. The molecule has 0 aliphatic rings. The van der Waals surface area contributed by atoms with Crippen molar-refractivity contribution in [3.05, 3.63) is 36.5 Å². The van der Waals surface area contributed by atoms with E-state index in [-0.39, 0.29) is 0 Å². The lowest BCUT2D eigenvalue weighted by Crippen LogP contribution is -2.23. The van der Waals surface area contributed by atoms with Gasteiger partial charge in [-0.15, -0.1) is 0 Å². The third-order valence-electron chi connectivity index (χ3n) is 1.25. The lowest BCUT2D eigenvalue weighted by Gasteiger charge is -1.84. The molecular formula is C8H11N3OS. The molecular weight excluding hydrogens is 186 g/mol. The van der Waals surface area contributed by atoms with E-state index < -0.39 is 0 Å². The Bertz CT molecular complexity index is 300. The van der Waals surface area contributed by atoms with Gasteiger partial charge in [-0.25, -0.2) is 9.13 Å². The van der Waals surface area contributed by atoms with Crippen LogP contribution in [0.3, 0.4) is 0 Å². The number of nitrogens with zero attached hydrogens (tertiary/aromatic N) is 3. The van der Waals surface area contributed by atoms with Gasteiger partial charge in [-0.05, 0) is 6.08 Å².